The standard InChI is InChI=1S/C24H21ClFN5O2/c1-3-21(15-6-10-18(26)11-7-15)28-23(32)20-12-22(16-4-8-17(25)9-5-16)29-31(24(20)33)19-13-27-30(2)14-19/h4-14,21H,3H2,1-2H3,(H,28,32)/t21-/m0/s1. The highest BCUT2D eigenvalue weighted by Crippen LogP contribution is 2.21. The van der Waals surface area contributed by atoms with Crippen LogP contribution in [0, 0.1) is 5.82 Å². The zero-order chi connectivity index (χ0) is 23.5. The van der Waals surface area contributed by atoms with Gasteiger partial charge >= 0.3 is 0 Å². The Morgan fingerprint density at radius 2 is 1.85 bits per heavy atom. The number of nitrogens with one attached hydrogen (secondary N) is 1. The summed E-state index contributed by atoms with van der Waals surface area (Å²) in [6.07, 6.45) is 3.69. The molecule has 2 heterocycles. The van der Waals surface area contributed by atoms with Crippen molar-refractivity contribution in [2.45, 2.75) is 19.4 Å². The molecule has 0 spiro atoms. The predicted octanol–water partition coefficient (Wildman–Crippen LogP) is 4.31. The van der Waals surface area contributed by atoms with E-state index in [1.54, 1.807) is 54.3 Å². The number of carbonyl (C=O) groups excluding carboxylic acids is 1. The number of carbonyl (C=O) groups is 1. The van der Waals surface area contributed by atoms with E-state index in [0.717, 1.165) is 10.2 Å². The van der Waals surface area contributed by atoms with Gasteiger partial charge in [0, 0.05) is 17.6 Å². The first-order chi connectivity index (χ1) is 15.9. The van der Waals surface area contributed by atoms with Crippen molar-refractivity contribution in [3.63, 3.8) is 0 Å². The Bertz CT molecular complexity index is 1350. The summed E-state index contributed by atoms with van der Waals surface area (Å²) >= 11 is 6.00. The van der Waals surface area contributed by atoms with Crippen LogP contribution in [0.3, 0.4) is 0 Å². The summed E-state index contributed by atoms with van der Waals surface area (Å²) < 4.78 is 16.0. The van der Waals surface area contributed by atoms with E-state index in [1.807, 2.05) is 6.92 Å². The molecule has 168 valence electrons. The zero-order valence-electron chi connectivity index (χ0n) is 18.0. The van der Waals surface area contributed by atoms with E-state index in [9.17, 15) is 14.0 Å². The molecule has 0 fully saturated rings. The molecule has 9 heteroatoms. The first-order valence-corrected chi connectivity index (χ1v) is 10.7. The Morgan fingerprint density at radius 1 is 1.15 bits per heavy atom. The van der Waals surface area contributed by atoms with Gasteiger partial charge in [-0.25, -0.2) is 4.39 Å². The molecule has 1 atom stereocenters. The third kappa shape index (κ3) is 4.85. The summed E-state index contributed by atoms with van der Waals surface area (Å²) in [5.41, 5.74) is 1.64. The van der Waals surface area contributed by atoms with Gasteiger partial charge in [0.05, 0.1) is 24.1 Å². The van der Waals surface area contributed by atoms with E-state index in [2.05, 4.69) is 15.5 Å². The molecule has 2 aromatic heterocycles. The summed E-state index contributed by atoms with van der Waals surface area (Å²) in [7, 11) is 1.72. The Morgan fingerprint density at radius 3 is 2.45 bits per heavy atom. The zero-order valence-corrected chi connectivity index (χ0v) is 18.8. The van der Waals surface area contributed by atoms with E-state index >= 15 is 0 Å². The molecule has 1 amide bonds. The fourth-order valence-electron chi connectivity index (χ4n) is 3.46. The summed E-state index contributed by atoms with van der Waals surface area (Å²) in [5, 5.41) is 12.0. The molecule has 0 saturated heterocycles. The molecule has 0 radical (unpaired) electrons. The molecule has 2 aromatic carbocycles. The van der Waals surface area contributed by atoms with Gasteiger partial charge in [-0.05, 0) is 42.3 Å². The predicted molar refractivity (Wildman–Crippen MR) is 124 cm³/mol. The van der Waals surface area contributed by atoms with Crippen molar-refractivity contribution in [3.05, 3.63) is 99.3 Å². The van der Waals surface area contributed by atoms with Gasteiger partial charge in [0.25, 0.3) is 11.5 Å². The van der Waals surface area contributed by atoms with E-state index in [0.29, 0.717) is 28.4 Å². The minimum absolute atomic E-state index is 0.0700. The average molecular weight is 466 g/mol. The highest BCUT2D eigenvalue weighted by atomic mass is 35.5. The molecular formula is C24H21ClFN5O2. The first kappa shape index (κ1) is 22.4. The van der Waals surface area contributed by atoms with Crippen LogP contribution in [0.25, 0.3) is 16.9 Å². The minimum Gasteiger partial charge on any atom is -0.345 e. The van der Waals surface area contributed by atoms with Crippen LogP contribution in [0.2, 0.25) is 5.02 Å². The number of hydrogen-bond donors (Lipinski definition) is 1. The van der Waals surface area contributed by atoms with Crippen LogP contribution in [0.15, 0.2) is 71.8 Å². The summed E-state index contributed by atoms with van der Waals surface area (Å²) in [4.78, 5) is 26.5. The molecule has 33 heavy (non-hydrogen) atoms. The number of amides is 1. The highest BCUT2D eigenvalue weighted by Gasteiger charge is 2.21. The molecular weight excluding hydrogens is 445 g/mol. The van der Waals surface area contributed by atoms with Gasteiger partial charge in [0.15, 0.2) is 0 Å². The highest BCUT2D eigenvalue weighted by molar-refractivity contribution is 6.30. The molecule has 0 bridgehead atoms. The molecule has 7 nitrogen and oxygen atoms in total. The van der Waals surface area contributed by atoms with Crippen LogP contribution < -0.4 is 10.9 Å². The third-order valence-electron chi connectivity index (χ3n) is 5.22. The Hall–Kier alpha value is -3.78. The van der Waals surface area contributed by atoms with Gasteiger partial charge < -0.3 is 5.32 Å². The molecule has 0 aliphatic rings. The maximum atomic E-state index is 13.3. The number of benzene rings is 2. The van der Waals surface area contributed by atoms with Gasteiger partial charge in [-0.15, -0.1) is 0 Å². The maximum absolute atomic E-state index is 13.3. The largest absolute Gasteiger partial charge is 0.345 e. The second kappa shape index (κ2) is 9.38. The van der Waals surface area contributed by atoms with E-state index < -0.39 is 17.5 Å². The minimum atomic E-state index is -0.577. The third-order valence-corrected chi connectivity index (χ3v) is 5.47. The summed E-state index contributed by atoms with van der Waals surface area (Å²) in [5.74, 6) is -0.910. The Labute approximate surface area is 194 Å². The molecule has 0 unspecified atom stereocenters. The quantitative estimate of drug-likeness (QED) is 0.460. The van der Waals surface area contributed by atoms with Crippen molar-refractivity contribution in [3.8, 4) is 16.9 Å². The van der Waals surface area contributed by atoms with Gasteiger partial charge in [0.1, 0.15) is 17.1 Å². The normalized spacial score (nSPS) is 11.9. The van der Waals surface area contributed by atoms with Crippen LogP contribution in [-0.2, 0) is 7.05 Å². The number of rotatable bonds is 6. The second-order valence-corrected chi connectivity index (χ2v) is 7.96. The van der Waals surface area contributed by atoms with Gasteiger partial charge in [-0.2, -0.15) is 14.9 Å². The molecule has 1 N–H and O–H groups in total. The Balaban J connectivity index is 1.78. The van der Waals surface area contributed by atoms with Crippen molar-refractivity contribution in [1.29, 1.82) is 0 Å². The topological polar surface area (TPSA) is 81.8 Å². The lowest BCUT2D eigenvalue weighted by Crippen LogP contribution is -2.35. The van der Waals surface area contributed by atoms with Crippen molar-refractivity contribution in [2.24, 2.45) is 7.05 Å². The van der Waals surface area contributed by atoms with Gasteiger partial charge in [-0.1, -0.05) is 42.8 Å². The number of aryl methyl sites for hydroxylation is 1. The molecule has 0 aliphatic carbocycles. The number of halogens is 2. The summed E-state index contributed by atoms with van der Waals surface area (Å²) in [6.45, 7) is 1.90. The monoisotopic (exact) mass is 465 g/mol. The van der Waals surface area contributed by atoms with Crippen molar-refractivity contribution < 1.29 is 9.18 Å². The number of nitrogens with zero attached hydrogens (tertiary/aromatic N) is 4. The van der Waals surface area contributed by atoms with Crippen molar-refractivity contribution in [2.75, 3.05) is 0 Å². The van der Waals surface area contributed by atoms with E-state index in [-0.39, 0.29) is 11.4 Å². The van der Waals surface area contributed by atoms with Crippen LogP contribution in [0.1, 0.15) is 35.3 Å². The summed E-state index contributed by atoms with van der Waals surface area (Å²) in [6, 6.07) is 13.9. The fraction of sp³-hybridized carbons (Fsp3) is 0.167. The van der Waals surface area contributed by atoms with Gasteiger partial charge in [0.2, 0.25) is 0 Å². The van der Waals surface area contributed by atoms with Crippen molar-refractivity contribution >= 4 is 17.5 Å². The Kier molecular flexibility index (Phi) is 6.37. The van der Waals surface area contributed by atoms with Crippen LogP contribution in [0.4, 0.5) is 4.39 Å². The lowest BCUT2D eigenvalue weighted by atomic mass is 10.0. The van der Waals surface area contributed by atoms with Crippen LogP contribution >= 0.6 is 11.6 Å². The second-order valence-electron chi connectivity index (χ2n) is 7.53. The lowest BCUT2D eigenvalue weighted by molar-refractivity contribution is 0.0933. The molecule has 0 saturated carbocycles. The van der Waals surface area contributed by atoms with E-state index in [1.165, 1.54) is 24.4 Å². The molecule has 0 aliphatic heterocycles. The molecule has 4 rings (SSSR count). The van der Waals surface area contributed by atoms with Crippen LogP contribution in [0.5, 0.6) is 0 Å². The fourth-order valence-corrected chi connectivity index (χ4v) is 3.59. The average Bonchev–Trinajstić information content (AvgIpc) is 3.24. The molecule has 4 aromatic rings. The SMILES string of the molecule is CC[C@H](NC(=O)c1cc(-c2ccc(Cl)cc2)nn(-c2cnn(C)c2)c1=O)c1ccc(F)cc1. The van der Waals surface area contributed by atoms with Gasteiger partial charge in [-0.3, -0.25) is 14.3 Å². The van der Waals surface area contributed by atoms with Crippen LogP contribution in [-0.4, -0.2) is 25.5 Å². The first-order valence-electron chi connectivity index (χ1n) is 10.3. The number of aromatic nitrogens is 4. The van der Waals surface area contributed by atoms with Crippen molar-refractivity contribution in [1.82, 2.24) is 24.9 Å². The lowest BCUT2D eigenvalue weighted by Gasteiger charge is -2.18. The van der Waals surface area contributed by atoms with E-state index in [4.69, 9.17) is 11.6 Å². The number of hydrogen-bond acceptors (Lipinski definition) is 4. The maximum Gasteiger partial charge on any atom is 0.284 e. The smallest absolute Gasteiger partial charge is 0.284 e.